The Morgan fingerprint density at radius 2 is 1.96 bits per heavy atom. The third-order valence-electron chi connectivity index (χ3n) is 3.88. The van der Waals surface area contributed by atoms with Gasteiger partial charge in [-0.2, -0.15) is 0 Å². The second-order valence-corrected chi connectivity index (χ2v) is 6.69. The van der Waals surface area contributed by atoms with Crippen molar-refractivity contribution in [3.8, 4) is 0 Å². The smallest absolute Gasteiger partial charge is 0.259 e. The van der Waals surface area contributed by atoms with E-state index in [9.17, 15) is 9.18 Å². The van der Waals surface area contributed by atoms with Crippen molar-refractivity contribution >= 4 is 44.1 Å². The van der Waals surface area contributed by atoms with Crippen LogP contribution in [0.1, 0.15) is 35.7 Å². The van der Waals surface area contributed by atoms with Gasteiger partial charge in [-0.25, -0.2) is 9.37 Å². The Labute approximate surface area is 164 Å². The molecule has 3 aromatic heterocycles. The normalized spacial score (nSPS) is 10.7. The van der Waals surface area contributed by atoms with E-state index in [1.807, 2.05) is 26.8 Å². The van der Waals surface area contributed by atoms with Crippen LogP contribution in [0.3, 0.4) is 0 Å². The summed E-state index contributed by atoms with van der Waals surface area (Å²) < 4.78 is 22.2. The molecule has 0 fully saturated rings. The summed E-state index contributed by atoms with van der Waals surface area (Å²) in [4.78, 5) is 16.8. The van der Waals surface area contributed by atoms with Gasteiger partial charge >= 0.3 is 0 Å². The number of aromatic nitrogens is 2. The zero-order chi connectivity index (χ0) is 19.7. The third-order valence-corrected chi connectivity index (χ3v) is 4.57. The minimum atomic E-state index is -0.499. The van der Waals surface area contributed by atoms with Crippen molar-refractivity contribution in [1.82, 2.24) is 9.38 Å². The lowest BCUT2D eigenvalue weighted by molar-refractivity contribution is 0.102. The quantitative estimate of drug-likeness (QED) is 0.431. The molecule has 0 unspecified atom stereocenters. The Bertz CT molecular complexity index is 1150. The van der Waals surface area contributed by atoms with Crippen LogP contribution in [0, 0.1) is 19.7 Å². The standard InChI is InChI=1S/C18H13BrFN3O2.C2H6/c1-9-7-23-8-11(6-15(20)17(23)21-9)22-18(24)12-3-4-14(19)13-5-10(2)25-16(12)13;1-2/h3-8H,1-2H3,(H,22,24);1-2H3. The van der Waals surface area contributed by atoms with Crippen molar-refractivity contribution in [2.24, 2.45) is 0 Å². The SMILES string of the molecule is CC.Cc1cn2cc(NC(=O)c3ccc(Br)c4cc(C)oc34)cc(F)c2n1. The number of halogens is 2. The highest BCUT2D eigenvalue weighted by Gasteiger charge is 2.17. The molecule has 0 radical (unpaired) electrons. The second-order valence-electron chi connectivity index (χ2n) is 5.84. The van der Waals surface area contributed by atoms with Crippen molar-refractivity contribution < 1.29 is 13.6 Å². The number of hydrogen-bond donors (Lipinski definition) is 1. The van der Waals surface area contributed by atoms with Crippen molar-refractivity contribution in [1.29, 1.82) is 0 Å². The molecule has 4 aromatic rings. The molecule has 1 aromatic carbocycles. The first kappa shape index (κ1) is 19.1. The summed E-state index contributed by atoms with van der Waals surface area (Å²) in [7, 11) is 0. The average molecular weight is 432 g/mol. The monoisotopic (exact) mass is 431 g/mol. The fourth-order valence-electron chi connectivity index (χ4n) is 2.84. The fourth-order valence-corrected chi connectivity index (χ4v) is 3.27. The minimum Gasteiger partial charge on any atom is -0.460 e. The molecule has 0 spiro atoms. The summed E-state index contributed by atoms with van der Waals surface area (Å²) in [5.41, 5.74) is 2.14. The summed E-state index contributed by atoms with van der Waals surface area (Å²) in [5, 5.41) is 3.54. The summed E-state index contributed by atoms with van der Waals surface area (Å²) in [6, 6.07) is 6.56. The number of nitrogens with zero attached hydrogens (tertiary/aromatic N) is 2. The van der Waals surface area contributed by atoms with Gasteiger partial charge in [-0.15, -0.1) is 0 Å². The van der Waals surface area contributed by atoms with Crippen molar-refractivity contribution in [2.75, 3.05) is 5.32 Å². The van der Waals surface area contributed by atoms with E-state index in [4.69, 9.17) is 4.42 Å². The molecule has 0 saturated carbocycles. The lowest BCUT2D eigenvalue weighted by atomic mass is 10.1. The van der Waals surface area contributed by atoms with Gasteiger partial charge in [0.25, 0.3) is 5.91 Å². The number of carbonyl (C=O) groups is 1. The molecule has 1 N–H and O–H groups in total. The molecular formula is C20H19BrFN3O2. The molecule has 27 heavy (non-hydrogen) atoms. The molecule has 0 aliphatic rings. The van der Waals surface area contributed by atoms with Gasteiger partial charge < -0.3 is 14.1 Å². The molecule has 5 nitrogen and oxygen atoms in total. The number of benzene rings is 1. The minimum absolute atomic E-state index is 0.225. The van der Waals surface area contributed by atoms with Gasteiger partial charge in [-0.05, 0) is 32.0 Å². The van der Waals surface area contributed by atoms with E-state index >= 15 is 0 Å². The van der Waals surface area contributed by atoms with E-state index in [2.05, 4.69) is 26.2 Å². The van der Waals surface area contributed by atoms with Gasteiger partial charge in [0.2, 0.25) is 0 Å². The summed E-state index contributed by atoms with van der Waals surface area (Å²) in [6.45, 7) is 7.60. The molecule has 0 bridgehead atoms. The summed E-state index contributed by atoms with van der Waals surface area (Å²) in [6.07, 6.45) is 3.32. The Morgan fingerprint density at radius 3 is 2.70 bits per heavy atom. The number of anilines is 1. The van der Waals surface area contributed by atoms with Crippen LogP contribution in [-0.2, 0) is 0 Å². The van der Waals surface area contributed by atoms with Crippen molar-refractivity contribution in [2.45, 2.75) is 27.7 Å². The first-order valence-electron chi connectivity index (χ1n) is 8.57. The van der Waals surface area contributed by atoms with E-state index in [1.54, 1.807) is 35.9 Å². The highest BCUT2D eigenvalue weighted by molar-refractivity contribution is 9.10. The van der Waals surface area contributed by atoms with Crippen LogP contribution in [0.4, 0.5) is 10.1 Å². The lowest BCUT2D eigenvalue weighted by Crippen LogP contribution is -2.13. The summed E-state index contributed by atoms with van der Waals surface area (Å²) in [5.74, 6) is -0.166. The van der Waals surface area contributed by atoms with Gasteiger partial charge in [-0.1, -0.05) is 29.8 Å². The van der Waals surface area contributed by atoms with Crippen molar-refractivity contribution in [3.05, 3.63) is 64.0 Å². The topological polar surface area (TPSA) is 59.5 Å². The highest BCUT2D eigenvalue weighted by atomic mass is 79.9. The second kappa shape index (κ2) is 7.52. The molecule has 3 heterocycles. The predicted molar refractivity (Wildman–Crippen MR) is 108 cm³/mol. The molecule has 4 rings (SSSR count). The number of nitrogens with one attached hydrogen (secondary N) is 1. The molecule has 1 amide bonds. The van der Waals surface area contributed by atoms with E-state index in [0.29, 0.717) is 28.3 Å². The van der Waals surface area contributed by atoms with Crippen LogP contribution in [0.2, 0.25) is 0 Å². The van der Waals surface area contributed by atoms with Gasteiger partial charge in [0.15, 0.2) is 11.5 Å². The van der Waals surface area contributed by atoms with Crippen LogP contribution in [0.25, 0.3) is 16.6 Å². The summed E-state index contributed by atoms with van der Waals surface area (Å²) >= 11 is 3.45. The lowest BCUT2D eigenvalue weighted by Gasteiger charge is -2.07. The number of imidazole rings is 1. The number of furan rings is 1. The number of hydrogen-bond acceptors (Lipinski definition) is 3. The fraction of sp³-hybridized carbons (Fsp3) is 0.200. The van der Waals surface area contributed by atoms with Gasteiger partial charge in [0.05, 0.1) is 16.9 Å². The molecule has 0 aliphatic heterocycles. The molecule has 0 saturated heterocycles. The number of fused-ring (bicyclic) bond motifs is 2. The molecule has 140 valence electrons. The van der Waals surface area contributed by atoms with E-state index < -0.39 is 5.82 Å². The number of rotatable bonds is 2. The molecular weight excluding hydrogens is 413 g/mol. The number of aryl methyl sites for hydroxylation is 2. The van der Waals surface area contributed by atoms with Gasteiger partial charge in [-0.3, -0.25) is 4.79 Å². The molecule has 0 aliphatic carbocycles. The predicted octanol–water partition coefficient (Wildman–Crippen LogP) is 5.88. The van der Waals surface area contributed by atoms with E-state index in [-0.39, 0.29) is 11.6 Å². The van der Waals surface area contributed by atoms with Crippen LogP contribution in [-0.4, -0.2) is 15.3 Å². The maximum atomic E-state index is 14.2. The first-order chi connectivity index (χ1) is 12.9. The molecule has 0 atom stereocenters. The van der Waals surface area contributed by atoms with E-state index in [1.165, 1.54) is 6.07 Å². The van der Waals surface area contributed by atoms with Crippen LogP contribution in [0.15, 0.2) is 45.5 Å². The first-order valence-corrected chi connectivity index (χ1v) is 9.36. The van der Waals surface area contributed by atoms with E-state index in [0.717, 1.165) is 9.86 Å². The Hall–Kier alpha value is -2.67. The maximum absolute atomic E-state index is 14.2. The van der Waals surface area contributed by atoms with Crippen molar-refractivity contribution in [3.63, 3.8) is 0 Å². The van der Waals surface area contributed by atoms with Gasteiger partial charge in [0.1, 0.15) is 11.3 Å². The largest absolute Gasteiger partial charge is 0.460 e. The molecule has 7 heteroatoms. The number of pyridine rings is 1. The highest BCUT2D eigenvalue weighted by Crippen LogP contribution is 2.30. The van der Waals surface area contributed by atoms with Crippen LogP contribution < -0.4 is 5.32 Å². The number of carbonyl (C=O) groups excluding carboxylic acids is 1. The zero-order valence-electron chi connectivity index (χ0n) is 15.4. The average Bonchev–Trinajstić information content (AvgIpc) is 3.19. The Balaban J connectivity index is 0.00000102. The Morgan fingerprint density at radius 1 is 1.22 bits per heavy atom. The zero-order valence-corrected chi connectivity index (χ0v) is 17.0. The van der Waals surface area contributed by atoms with Crippen LogP contribution in [0.5, 0.6) is 0 Å². The Kier molecular flexibility index (Phi) is 5.32. The maximum Gasteiger partial charge on any atom is 0.259 e. The third kappa shape index (κ3) is 3.60. The van der Waals surface area contributed by atoms with Gasteiger partial charge in [0, 0.05) is 28.3 Å². The number of amides is 1. The van der Waals surface area contributed by atoms with Crippen LogP contribution >= 0.6 is 15.9 Å².